The number of nitrogens with zero attached hydrogens (tertiary/aromatic N) is 1. The molecule has 0 saturated heterocycles. The second kappa shape index (κ2) is 3.91. The van der Waals surface area contributed by atoms with Gasteiger partial charge in [0.15, 0.2) is 0 Å². The van der Waals surface area contributed by atoms with Crippen molar-refractivity contribution in [1.82, 2.24) is 0 Å². The van der Waals surface area contributed by atoms with E-state index in [0.717, 1.165) is 12.8 Å². The maximum Gasteiger partial charge on any atom is 0.116 e. The zero-order chi connectivity index (χ0) is 8.20. The fourth-order valence-electron chi connectivity index (χ4n) is 0.931. The van der Waals surface area contributed by atoms with Gasteiger partial charge in [-0.2, -0.15) is 0 Å². The fraction of sp³-hybridized carbons (Fsp3) is 1.00. The van der Waals surface area contributed by atoms with Crippen LogP contribution >= 0.6 is 0 Å². The van der Waals surface area contributed by atoms with Crippen LogP contribution in [0.5, 0.6) is 0 Å². The standard InChI is InChI=1S/C7H17NO2/c1-4-6-7(3)8(9,10)5-2/h7,9H,4-6H2,1-3H3/t7-/m0/s1. The Morgan fingerprint density at radius 2 is 2.00 bits per heavy atom. The van der Waals surface area contributed by atoms with Crippen molar-refractivity contribution in [3.8, 4) is 0 Å². The van der Waals surface area contributed by atoms with Gasteiger partial charge < -0.3 is 5.21 Å². The Morgan fingerprint density at radius 1 is 1.50 bits per heavy atom. The first-order valence-corrected chi connectivity index (χ1v) is 3.86. The largest absolute Gasteiger partial charge is 0.598 e. The molecule has 2 atom stereocenters. The molecular formula is C7H17NO2. The summed E-state index contributed by atoms with van der Waals surface area (Å²) in [4.78, 5) is -1.09. The number of hydrogen-bond acceptors (Lipinski definition) is 2. The molecule has 0 fully saturated rings. The molecule has 3 heteroatoms. The summed E-state index contributed by atoms with van der Waals surface area (Å²) in [6, 6.07) is -0.185. The fourth-order valence-corrected chi connectivity index (χ4v) is 0.931. The molecule has 0 radical (unpaired) electrons. The van der Waals surface area contributed by atoms with Crippen LogP contribution < -0.4 is 0 Å². The molecule has 0 aromatic carbocycles. The number of hydroxylamine groups is 4. The van der Waals surface area contributed by atoms with Gasteiger partial charge in [-0.3, -0.25) is 0 Å². The molecule has 1 unspecified atom stereocenters. The molecule has 0 aromatic heterocycles. The van der Waals surface area contributed by atoms with Gasteiger partial charge in [0, 0.05) is 6.42 Å². The quantitative estimate of drug-likeness (QED) is 0.487. The summed E-state index contributed by atoms with van der Waals surface area (Å²) in [6.45, 7) is 5.71. The van der Waals surface area contributed by atoms with E-state index in [-0.39, 0.29) is 12.6 Å². The van der Waals surface area contributed by atoms with E-state index in [4.69, 9.17) is 5.21 Å². The van der Waals surface area contributed by atoms with Crippen LogP contribution in [-0.2, 0) is 0 Å². The van der Waals surface area contributed by atoms with Gasteiger partial charge in [0.25, 0.3) is 0 Å². The summed E-state index contributed by atoms with van der Waals surface area (Å²) < 4.78 is 0. The van der Waals surface area contributed by atoms with Crippen LogP contribution in [0.3, 0.4) is 0 Å². The Kier molecular flexibility index (Phi) is 3.86. The lowest BCUT2D eigenvalue weighted by Gasteiger charge is -2.38. The van der Waals surface area contributed by atoms with Gasteiger partial charge in [-0.15, -0.1) is 0 Å². The maximum absolute atomic E-state index is 11.1. The highest BCUT2D eigenvalue weighted by atomic mass is 16.8. The summed E-state index contributed by atoms with van der Waals surface area (Å²) in [6.07, 6.45) is 1.73. The lowest BCUT2D eigenvalue weighted by atomic mass is 10.2. The maximum atomic E-state index is 11.1. The van der Waals surface area contributed by atoms with Crippen LogP contribution in [0, 0.1) is 5.21 Å². The van der Waals surface area contributed by atoms with Gasteiger partial charge in [-0.1, -0.05) is 13.3 Å². The average Bonchev–Trinajstić information content (AvgIpc) is 1.89. The van der Waals surface area contributed by atoms with Crippen LogP contribution in [0.25, 0.3) is 0 Å². The van der Waals surface area contributed by atoms with Gasteiger partial charge in [-0.05, 0) is 13.8 Å². The highest BCUT2D eigenvalue weighted by molar-refractivity contribution is 4.48. The van der Waals surface area contributed by atoms with Crippen molar-refractivity contribution in [3.05, 3.63) is 5.21 Å². The first-order chi connectivity index (χ1) is 4.54. The lowest BCUT2D eigenvalue weighted by molar-refractivity contribution is -1.08. The van der Waals surface area contributed by atoms with Crippen molar-refractivity contribution < 1.29 is 10.0 Å². The van der Waals surface area contributed by atoms with Crippen molar-refractivity contribution in [2.75, 3.05) is 6.54 Å². The molecule has 3 nitrogen and oxygen atoms in total. The van der Waals surface area contributed by atoms with E-state index in [2.05, 4.69) is 0 Å². The van der Waals surface area contributed by atoms with Gasteiger partial charge >= 0.3 is 0 Å². The van der Waals surface area contributed by atoms with E-state index in [9.17, 15) is 5.21 Å². The van der Waals surface area contributed by atoms with Crippen molar-refractivity contribution in [2.24, 2.45) is 0 Å². The molecule has 0 aliphatic carbocycles. The lowest BCUT2D eigenvalue weighted by Crippen LogP contribution is -2.45. The van der Waals surface area contributed by atoms with E-state index in [1.165, 1.54) is 0 Å². The van der Waals surface area contributed by atoms with Crippen LogP contribution in [0.1, 0.15) is 33.6 Å². The minimum absolute atomic E-state index is 0.185. The van der Waals surface area contributed by atoms with E-state index in [1.54, 1.807) is 13.8 Å². The normalized spacial score (nSPS) is 20.1. The topological polar surface area (TPSA) is 43.3 Å². The third kappa shape index (κ3) is 2.64. The van der Waals surface area contributed by atoms with E-state index < -0.39 is 4.81 Å². The van der Waals surface area contributed by atoms with Crippen LogP contribution in [0.2, 0.25) is 0 Å². The SMILES string of the molecule is CCC[C@H](C)[N+]([O-])(O)CC. The smallest absolute Gasteiger partial charge is 0.116 e. The molecule has 0 spiro atoms. The van der Waals surface area contributed by atoms with Gasteiger partial charge in [-0.25, -0.2) is 10.0 Å². The number of rotatable bonds is 4. The van der Waals surface area contributed by atoms with Crippen LogP contribution in [0.4, 0.5) is 0 Å². The molecule has 0 bridgehead atoms. The average molecular weight is 147 g/mol. The van der Waals surface area contributed by atoms with Gasteiger partial charge in [0.1, 0.15) is 12.6 Å². The van der Waals surface area contributed by atoms with Crippen LogP contribution in [0.15, 0.2) is 0 Å². The van der Waals surface area contributed by atoms with E-state index in [0.29, 0.717) is 0 Å². The molecule has 0 aliphatic rings. The summed E-state index contributed by atoms with van der Waals surface area (Å²) >= 11 is 0. The molecule has 0 rings (SSSR count). The molecule has 10 heavy (non-hydrogen) atoms. The predicted molar refractivity (Wildman–Crippen MR) is 40.3 cm³/mol. The molecular weight excluding hydrogens is 130 g/mol. The Balaban J connectivity index is 3.78. The monoisotopic (exact) mass is 147 g/mol. The number of quaternary nitrogens is 1. The van der Waals surface area contributed by atoms with Crippen molar-refractivity contribution >= 4 is 0 Å². The molecule has 62 valence electrons. The molecule has 0 heterocycles. The summed E-state index contributed by atoms with van der Waals surface area (Å²) in [5.74, 6) is 0. The minimum atomic E-state index is -1.09. The third-order valence-corrected chi connectivity index (χ3v) is 1.85. The summed E-state index contributed by atoms with van der Waals surface area (Å²) in [5, 5.41) is 20.2. The third-order valence-electron chi connectivity index (χ3n) is 1.85. The molecule has 0 aliphatic heterocycles. The zero-order valence-corrected chi connectivity index (χ0v) is 7.00. The summed E-state index contributed by atoms with van der Waals surface area (Å²) in [7, 11) is 0. The molecule has 0 aromatic rings. The highest BCUT2D eigenvalue weighted by Crippen LogP contribution is 2.11. The molecule has 1 N–H and O–H groups in total. The minimum Gasteiger partial charge on any atom is -0.598 e. The van der Waals surface area contributed by atoms with Gasteiger partial charge in [0.05, 0.1) is 0 Å². The van der Waals surface area contributed by atoms with Crippen molar-refractivity contribution in [3.63, 3.8) is 0 Å². The second-order valence-electron chi connectivity index (χ2n) is 2.71. The number of hydrogen-bond donors (Lipinski definition) is 1. The van der Waals surface area contributed by atoms with Crippen LogP contribution in [-0.4, -0.2) is 22.6 Å². The van der Waals surface area contributed by atoms with E-state index >= 15 is 0 Å². The Labute approximate surface area is 62.4 Å². The van der Waals surface area contributed by atoms with Gasteiger partial charge in [0.2, 0.25) is 0 Å². The Morgan fingerprint density at radius 3 is 2.30 bits per heavy atom. The predicted octanol–water partition coefficient (Wildman–Crippen LogP) is 1.90. The second-order valence-corrected chi connectivity index (χ2v) is 2.71. The molecule has 0 saturated carbocycles. The first-order valence-electron chi connectivity index (χ1n) is 3.86. The zero-order valence-electron chi connectivity index (χ0n) is 7.00. The van der Waals surface area contributed by atoms with Crippen molar-refractivity contribution in [2.45, 2.75) is 39.7 Å². The summed E-state index contributed by atoms with van der Waals surface area (Å²) in [5.41, 5.74) is 0. The van der Waals surface area contributed by atoms with E-state index in [1.807, 2.05) is 6.92 Å². The first kappa shape index (κ1) is 9.88. The Hall–Kier alpha value is -0.120. The van der Waals surface area contributed by atoms with Crippen molar-refractivity contribution in [1.29, 1.82) is 0 Å². The highest BCUT2D eigenvalue weighted by Gasteiger charge is 2.19. The Bertz CT molecular complexity index is 93.6. The molecule has 0 amide bonds.